The summed E-state index contributed by atoms with van der Waals surface area (Å²) in [5.41, 5.74) is 12.0. The van der Waals surface area contributed by atoms with Crippen molar-refractivity contribution in [1.82, 2.24) is 9.97 Å². The molecule has 1 aliphatic carbocycles. The lowest BCUT2D eigenvalue weighted by atomic mass is 9.82. The molecule has 1 heterocycles. The third-order valence-electron chi connectivity index (χ3n) is 5.68. The van der Waals surface area contributed by atoms with Crippen LogP contribution in [0.2, 0.25) is 0 Å². The van der Waals surface area contributed by atoms with Gasteiger partial charge in [-0.05, 0) is 63.0 Å². The van der Waals surface area contributed by atoms with Gasteiger partial charge in [-0.2, -0.15) is 4.98 Å². The van der Waals surface area contributed by atoms with Gasteiger partial charge in [0, 0.05) is 13.1 Å². The fourth-order valence-electron chi connectivity index (χ4n) is 3.77. The lowest BCUT2D eigenvalue weighted by molar-refractivity contribution is 0.270. The summed E-state index contributed by atoms with van der Waals surface area (Å²) >= 11 is 0. The second-order valence-electron chi connectivity index (χ2n) is 7.93. The fourth-order valence-corrected chi connectivity index (χ4v) is 3.77. The van der Waals surface area contributed by atoms with Crippen LogP contribution >= 0.6 is 0 Å². The standard InChI is InChI=1S/C22H34N6O/c1-16-3-5-17(6-4-16)11-12-24-22-26-15-20(28-29-2)21(27-22)25-14-19-9-7-18(13-23)8-10-19/h3-6,15,18-19,28H,7-14,23H2,1-2H3,(H2,24,25,26,27). The second-order valence-corrected chi connectivity index (χ2v) is 7.93. The molecule has 0 unspecified atom stereocenters. The Balaban J connectivity index is 1.54. The van der Waals surface area contributed by atoms with E-state index in [-0.39, 0.29) is 0 Å². The third-order valence-corrected chi connectivity index (χ3v) is 5.68. The van der Waals surface area contributed by atoms with Crippen molar-refractivity contribution >= 4 is 17.5 Å². The van der Waals surface area contributed by atoms with Crippen molar-refractivity contribution < 1.29 is 4.84 Å². The minimum absolute atomic E-state index is 0.619. The summed E-state index contributed by atoms with van der Waals surface area (Å²) < 4.78 is 0. The Bertz CT molecular complexity index is 743. The molecular weight excluding hydrogens is 364 g/mol. The minimum atomic E-state index is 0.619. The molecule has 0 bridgehead atoms. The molecule has 1 aliphatic rings. The smallest absolute Gasteiger partial charge is 0.224 e. The van der Waals surface area contributed by atoms with Crippen LogP contribution in [0.3, 0.4) is 0 Å². The average Bonchev–Trinajstić information content (AvgIpc) is 2.75. The zero-order valence-electron chi connectivity index (χ0n) is 17.6. The van der Waals surface area contributed by atoms with Gasteiger partial charge in [-0.25, -0.2) is 4.98 Å². The quantitative estimate of drug-likeness (QED) is 0.454. The van der Waals surface area contributed by atoms with Crippen LogP contribution in [-0.2, 0) is 11.3 Å². The number of benzene rings is 1. The summed E-state index contributed by atoms with van der Waals surface area (Å²) in [6.07, 6.45) is 7.56. The minimum Gasteiger partial charge on any atom is -0.368 e. The summed E-state index contributed by atoms with van der Waals surface area (Å²) in [5, 5.41) is 6.81. The monoisotopic (exact) mass is 398 g/mol. The zero-order chi connectivity index (χ0) is 20.5. The Labute approximate surface area is 173 Å². The number of aromatic nitrogens is 2. The lowest BCUT2D eigenvalue weighted by Crippen LogP contribution is -2.25. The molecule has 7 heteroatoms. The van der Waals surface area contributed by atoms with Crippen molar-refractivity contribution in [3.63, 3.8) is 0 Å². The first-order valence-corrected chi connectivity index (χ1v) is 10.6. The highest BCUT2D eigenvalue weighted by Crippen LogP contribution is 2.29. The molecular formula is C22H34N6O. The number of nitrogens with two attached hydrogens (primary N) is 1. The van der Waals surface area contributed by atoms with E-state index in [1.807, 2.05) is 0 Å². The highest BCUT2D eigenvalue weighted by Gasteiger charge is 2.20. The predicted molar refractivity (Wildman–Crippen MR) is 119 cm³/mol. The molecule has 0 atom stereocenters. The van der Waals surface area contributed by atoms with Crippen molar-refractivity contribution in [2.45, 2.75) is 39.0 Å². The van der Waals surface area contributed by atoms with E-state index in [1.165, 1.54) is 36.8 Å². The first-order valence-electron chi connectivity index (χ1n) is 10.6. The molecule has 1 aromatic heterocycles. The molecule has 0 amide bonds. The van der Waals surface area contributed by atoms with Crippen LogP contribution in [0.5, 0.6) is 0 Å². The first kappa shape index (κ1) is 21.3. The Morgan fingerprint density at radius 1 is 1.07 bits per heavy atom. The van der Waals surface area contributed by atoms with Crippen LogP contribution < -0.4 is 21.8 Å². The fraction of sp³-hybridized carbons (Fsp3) is 0.545. The molecule has 1 fully saturated rings. The molecule has 2 aromatic rings. The lowest BCUT2D eigenvalue weighted by Gasteiger charge is -2.28. The first-order chi connectivity index (χ1) is 14.2. The molecule has 5 N–H and O–H groups in total. The number of anilines is 3. The Morgan fingerprint density at radius 3 is 2.48 bits per heavy atom. The van der Waals surface area contributed by atoms with Crippen LogP contribution in [-0.4, -0.2) is 36.7 Å². The van der Waals surface area contributed by atoms with Gasteiger partial charge in [0.05, 0.1) is 13.3 Å². The number of rotatable bonds is 10. The molecule has 0 spiro atoms. The number of hydrogen-bond donors (Lipinski definition) is 4. The van der Waals surface area contributed by atoms with E-state index in [2.05, 4.69) is 57.3 Å². The van der Waals surface area contributed by atoms with Gasteiger partial charge in [0.15, 0.2) is 5.82 Å². The zero-order valence-corrected chi connectivity index (χ0v) is 17.6. The van der Waals surface area contributed by atoms with Crippen molar-refractivity contribution in [3.05, 3.63) is 41.6 Å². The van der Waals surface area contributed by atoms with Crippen LogP contribution in [0.25, 0.3) is 0 Å². The largest absolute Gasteiger partial charge is 0.368 e. The maximum Gasteiger partial charge on any atom is 0.224 e. The molecule has 0 saturated heterocycles. The van der Waals surface area contributed by atoms with Gasteiger partial charge >= 0.3 is 0 Å². The van der Waals surface area contributed by atoms with E-state index < -0.39 is 0 Å². The summed E-state index contributed by atoms with van der Waals surface area (Å²) in [7, 11) is 1.59. The Morgan fingerprint density at radius 2 is 1.79 bits per heavy atom. The highest BCUT2D eigenvalue weighted by atomic mass is 16.6. The number of hydrogen-bond acceptors (Lipinski definition) is 7. The molecule has 0 radical (unpaired) electrons. The number of nitrogens with zero attached hydrogens (tertiary/aromatic N) is 2. The van der Waals surface area contributed by atoms with E-state index in [4.69, 9.17) is 10.6 Å². The topological polar surface area (TPSA) is 97.1 Å². The molecule has 1 saturated carbocycles. The third kappa shape index (κ3) is 6.58. The molecule has 1 aromatic carbocycles. The van der Waals surface area contributed by atoms with Crippen LogP contribution in [0.4, 0.5) is 17.5 Å². The van der Waals surface area contributed by atoms with Crippen LogP contribution in [0.1, 0.15) is 36.8 Å². The number of nitrogens with one attached hydrogen (secondary N) is 3. The van der Waals surface area contributed by atoms with Gasteiger partial charge in [0.2, 0.25) is 5.95 Å². The van der Waals surface area contributed by atoms with Gasteiger partial charge in [0.1, 0.15) is 5.69 Å². The summed E-state index contributed by atoms with van der Waals surface area (Å²) in [4.78, 5) is 14.1. The van der Waals surface area contributed by atoms with E-state index in [0.717, 1.165) is 37.6 Å². The van der Waals surface area contributed by atoms with Gasteiger partial charge in [0.25, 0.3) is 0 Å². The molecule has 158 valence electrons. The summed E-state index contributed by atoms with van der Waals surface area (Å²) in [6.45, 7) is 4.59. The van der Waals surface area contributed by atoms with Gasteiger partial charge < -0.3 is 16.4 Å². The second kappa shape index (κ2) is 11.0. The predicted octanol–water partition coefficient (Wildman–Crippen LogP) is 3.59. The normalized spacial score (nSPS) is 19.0. The van der Waals surface area contributed by atoms with Crippen LogP contribution in [0, 0.1) is 18.8 Å². The summed E-state index contributed by atoms with van der Waals surface area (Å²) in [5.74, 6) is 2.73. The SMILES string of the molecule is CONc1cnc(NCCc2ccc(C)cc2)nc1NCC1CCC(CN)CC1. The Kier molecular flexibility index (Phi) is 8.07. The van der Waals surface area contributed by atoms with Crippen molar-refractivity contribution in [3.8, 4) is 0 Å². The molecule has 29 heavy (non-hydrogen) atoms. The van der Waals surface area contributed by atoms with E-state index in [1.54, 1.807) is 13.3 Å². The van der Waals surface area contributed by atoms with E-state index >= 15 is 0 Å². The maximum atomic E-state index is 5.81. The van der Waals surface area contributed by atoms with Crippen molar-refractivity contribution in [2.24, 2.45) is 17.6 Å². The number of aryl methyl sites for hydroxylation is 1. The van der Waals surface area contributed by atoms with Crippen LogP contribution in [0.15, 0.2) is 30.5 Å². The van der Waals surface area contributed by atoms with E-state index in [0.29, 0.717) is 17.8 Å². The molecule has 7 nitrogen and oxygen atoms in total. The van der Waals surface area contributed by atoms with Gasteiger partial charge in [-0.1, -0.05) is 29.8 Å². The van der Waals surface area contributed by atoms with Crippen molar-refractivity contribution in [2.75, 3.05) is 42.9 Å². The Hall–Kier alpha value is -2.38. The average molecular weight is 399 g/mol. The molecule has 0 aliphatic heterocycles. The molecule has 3 rings (SSSR count). The highest BCUT2D eigenvalue weighted by molar-refractivity contribution is 5.63. The summed E-state index contributed by atoms with van der Waals surface area (Å²) in [6, 6.07) is 8.60. The van der Waals surface area contributed by atoms with E-state index in [9.17, 15) is 0 Å². The maximum absolute atomic E-state index is 5.81. The van der Waals surface area contributed by atoms with Gasteiger partial charge in [-0.3, -0.25) is 10.3 Å². The van der Waals surface area contributed by atoms with Crippen molar-refractivity contribution in [1.29, 1.82) is 0 Å². The van der Waals surface area contributed by atoms with Gasteiger partial charge in [-0.15, -0.1) is 0 Å².